The Bertz CT molecular complexity index is 1860. The van der Waals surface area contributed by atoms with Crippen LogP contribution in [0.5, 0.6) is 5.88 Å². The van der Waals surface area contributed by atoms with Gasteiger partial charge in [-0.05, 0) is 59.6 Å². The number of halogens is 1. The minimum atomic E-state index is -4.13. The zero-order chi connectivity index (χ0) is 33.6. The van der Waals surface area contributed by atoms with Crippen molar-refractivity contribution in [2.75, 3.05) is 35.6 Å². The topological polar surface area (TPSA) is 155 Å². The van der Waals surface area contributed by atoms with Gasteiger partial charge in [-0.3, -0.25) is 14.5 Å². The van der Waals surface area contributed by atoms with Crippen molar-refractivity contribution in [2.24, 2.45) is 0 Å². The Balaban J connectivity index is 1.51. The van der Waals surface area contributed by atoms with E-state index < -0.39 is 38.7 Å². The summed E-state index contributed by atoms with van der Waals surface area (Å²) in [5.41, 5.74) is 0.777. The van der Waals surface area contributed by atoms with Crippen molar-refractivity contribution < 1.29 is 31.9 Å². The molecule has 1 aromatic carbocycles. The molecular formula is C32H37FN6O6S. The van der Waals surface area contributed by atoms with E-state index in [2.05, 4.69) is 14.7 Å². The van der Waals surface area contributed by atoms with Gasteiger partial charge in [0.1, 0.15) is 23.7 Å². The highest BCUT2D eigenvalue weighted by Crippen LogP contribution is 2.55. The molecule has 1 N–H and O–H groups in total. The molecule has 1 aliphatic heterocycles. The molecule has 1 aliphatic carbocycles. The number of nitrogens with zero attached hydrogens (tertiary/aromatic N) is 5. The van der Waals surface area contributed by atoms with E-state index in [1.54, 1.807) is 51.1 Å². The van der Waals surface area contributed by atoms with Crippen LogP contribution in [0.25, 0.3) is 22.0 Å². The average molecular weight is 653 g/mol. The third kappa shape index (κ3) is 6.16. The van der Waals surface area contributed by atoms with Crippen molar-refractivity contribution in [2.45, 2.75) is 70.9 Å². The fourth-order valence-corrected chi connectivity index (χ4v) is 6.63. The van der Waals surface area contributed by atoms with Crippen molar-refractivity contribution in [3.8, 4) is 23.1 Å². The van der Waals surface area contributed by atoms with Crippen LogP contribution in [0.15, 0.2) is 30.6 Å². The summed E-state index contributed by atoms with van der Waals surface area (Å²) in [6, 6.07) is 5.68. The van der Waals surface area contributed by atoms with Gasteiger partial charge in [-0.15, -0.1) is 0 Å². The molecule has 1 spiro atoms. The lowest BCUT2D eigenvalue weighted by molar-refractivity contribution is -0.125. The van der Waals surface area contributed by atoms with Crippen LogP contribution in [0.2, 0.25) is 0 Å². The van der Waals surface area contributed by atoms with Gasteiger partial charge in [0, 0.05) is 47.4 Å². The number of carbonyl (C=O) groups is 2. The number of amides is 2. The highest BCUT2D eigenvalue weighted by Gasteiger charge is 2.54. The fourth-order valence-electron chi connectivity index (χ4n) is 5.91. The molecule has 12 nitrogen and oxygen atoms in total. The summed E-state index contributed by atoms with van der Waals surface area (Å²) >= 11 is 0. The summed E-state index contributed by atoms with van der Waals surface area (Å²) in [6.07, 6.45) is 4.70. The lowest BCUT2D eigenvalue weighted by Gasteiger charge is -2.37. The van der Waals surface area contributed by atoms with E-state index in [1.165, 1.54) is 23.2 Å². The van der Waals surface area contributed by atoms with Gasteiger partial charge in [0.15, 0.2) is 5.75 Å². The number of benzene rings is 1. The predicted octanol–water partition coefficient (Wildman–Crippen LogP) is 5.12. The number of nitrogens with one attached hydrogen (secondary N) is 1. The molecule has 46 heavy (non-hydrogen) atoms. The smallest absolute Gasteiger partial charge is 0.410 e. The van der Waals surface area contributed by atoms with Gasteiger partial charge in [0.25, 0.3) is 0 Å². The Morgan fingerprint density at radius 2 is 1.93 bits per heavy atom. The normalized spacial score (nSPS) is 15.5. The maximum absolute atomic E-state index is 15.6. The number of anilines is 2. The molecule has 3 aromatic rings. The van der Waals surface area contributed by atoms with E-state index in [9.17, 15) is 18.0 Å². The van der Waals surface area contributed by atoms with Crippen LogP contribution in [0, 0.1) is 17.1 Å². The highest BCUT2D eigenvalue weighted by molar-refractivity contribution is 7.92. The molecule has 0 unspecified atom stereocenters. The van der Waals surface area contributed by atoms with Crippen molar-refractivity contribution in [3.05, 3.63) is 42.0 Å². The van der Waals surface area contributed by atoms with E-state index >= 15 is 4.39 Å². The van der Waals surface area contributed by atoms with Crippen LogP contribution in [0.4, 0.5) is 20.6 Å². The first-order valence-electron chi connectivity index (χ1n) is 15.0. The van der Waals surface area contributed by atoms with E-state index in [4.69, 9.17) is 14.7 Å². The number of nitriles is 1. The zero-order valence-corrected chi connectivity index (χ0v) is 27.5. The van der Waals surface area contributed by atoms with E-state index in [0.29, 0.717) is 29.4 Å². The molecule has 2 aliphatic rings. The van der Waals surface area contributed by atoms with Crippen molar-refractivity contribution >= 4 is 44.3 Å². The third-order valence-corrected chi connectivity index (χ3v) is 9.24. The number of carbonyl (C=O) groups excluding carboxylic acids is 2. The number of fused-ring (bicyclic) bond motifs is 4. The van der Waals surface area contributed by atoms with Gasteiger partial charge in [-0.1, -0.05) is 6.42 Å². The Hall–Kier alpha value is -4.51. The number of pyridine rings is 2. The molecule has 3 heterocycles. The first kappa shape index (κ1) is 32.9. The van der Waals surface area contributed by atoms with Gasteiger partial charge in [-0.25, -0.2) is 22.6 Å². The third-order valence-electron chi connectivity index (χ3n) is 8.20. The number of ether oxygens (including phenoxy) is 2. The second kappa shape index (κ2) is 12.0. The quantitative estimate of drug-likeness (QED) is 0.332. The number of sulfonamides is 1. The molecule has 2 amide bonds. The molecule has 2 aromatic heterocycles. The summed E-state index contributed by atoms with van der Waals surface area (Å²) in [4.78, 5) is 37.8. The maximum atomic E-state index is 15.6. The summed E-state index contributed by atoms with van der Waals surface area (Å²) in [7, 11) is -2.42. The Labute approximate surface area is 267 Å². The van der Waals surface area contributed by atoms with Crippen LogP contribution < -0.4 is 14.4 Å². The van der Waals surface area contributed by atoms with Crippen LogP contribution in [0.3, 0.4) is 0 Å². The molecule has 0 atom stereocenters. The summed E-state index contributed by atoms with van der Waals surface area (Å²) in [6.45, 7) is 8.96. The highest BCUT2D eigenvalue weighted by atomic mass is 32.2. The number of aromatic nitrogens is 2. The minimum absolute atomic E-state index is 0.00557. The Morgan fingerprint density at radius 1 is 1.22 bits per heavy atom. The first-order chi connectivity index (χ1) is 21.6. The molecule has 1 fully saturated rings. The standard InChI is InChI=1S/C32H37FN6O6S/c1-19(2)39(30(41)45-31(3,4)5)11-12-44-28-25(37-46(42,43)13-10-34)14-20(17-36-28)21-15-22-24(16-23(21)33)35-18-26-27(22)32(8-7-9-32)29(40)38(26)6/h14-19,37H,7-9,11-13H2,1-6H3. The Kier molecular flexibility index (Phi) is 8.59. The number of likely N-dealkylation sites (N-methyl/N-ethyl adjacent to an activating group) is 1. The van der Waals surface area contributed by atoms with Crippen molar-refractivity contribution in [3.63, 3.8) is 0 Å². The summed E-state index contributed by atoms with van der Waals surface area (Å²) in [5, 5.41) is 9.67. The van der Waals surface area contributed by atoms with Gasteiger partial charge in [0.05, 0.1) is 35.4 Å². The van der Waals surface area contributed by atoms with E-state index in [-0.39, 0.29) is 47.8 Å². The molecule has 0 radical (unpaired) electrons. The van der Waals surface area contributed by atoms with Gasteiger partial charge in [0.2, 0.25) is 21.8 Å². The van der Waals surface area contributed by atoms with Gasteiger partial charge >= 0.3 is 6.09 Å². The fraction of sp³-hybridized carbons (Fsp3) is 0.469. The lowest BCUT2D eigenvalue weighted by atomic mass is 9.64. The van der Waals surface area contributed by atoms with Crippen molar-refractivity contribution in [1.82, 2.24) is 14.9 Å². The monoisotopic (exact) mass is 652 g/mol. The molecule has 0 bridgehead atoms. The van der Waals surface area contributed by atoms with Crippen LogP contribution in [-0.4, -0.2) is 72.9 Å². The maximum Gasteiger partial charge on any atom is 0.410 e. The molecule has 14 heteroatoms. The molecule has 244 valence electrons. The summed E-state index contributed by atoms with van der Waals surface area (Å²) < 4.78 is 54.5. The lowest BCUT2D eigenvalue weighted by Crippen LogP contribution is -2.43. The zero-order valence-electron chi connectivity index (χ0n) is 26.7. The number of hydrogen-bond donors (Lipinski definition) is 1. The van der Waals surface area contributed by atoms with E-state index in [1.807, 2.05) is 13.8 Å². The number of hydrogen-bond acceptors (Lipinski definition) is 9. The van der Waals surface area contributed by atoms with Crippen LogP contribution in [0.1, 0.15) is 59.4 Å². The van der Waals surface area contributed by atoms with Gasteiger partial charge in [-0.2, -0.15) is 5.26 Å². The number of rotatable bonds is 9. The van der Waals surface area contributed by atoms with Gasteiger partial charge < -0.3 is 19.3 Å². The molecular weight excluding hydrogens is 615 g/mol. The van der Waals surface area contributed by atoms with E-state index in [0.717, 1.165) is 12.0 Å². The van der Waals surface area contributed by atoms with Crippen LogP contribution in [-0.2, 0) is 25.0 Å². The van der Waals surface area contributed by atoms with Crippen molar-refractivity contribution in [1.29, 1.82) is 5.26 Å². The summed E-state index contributed by atoms with van der Waals surface area (Å²) in [5.74, 6) is -1.58. The predicted molar refractivity (Wildman–Crippen MR) is 170 cm³/mol. The minimum Gasteiger partial charge on any atom is -0.474 e. The average Bonchev–Trinajstić information content (AvgIpc) is 3.16. The Morgan fingerprint density at radius 3 is 2.54 bits per heavy atom. The SMILES string of the molecule is CC(C)N(CCOc1ncc(-c2cc3c4c(cnc3cc2F)N(C)C(=O)C42CCC2)cc1NS(=O)(=O)CC#N)C(=O)OC(C)(C)C. The second-order valence-corrected chi connectivity index (χ2v) is 14.6. The van der Waals surface area contributed by atoms with Crippen LogP contribution >= 0.6 is 0 Å². The first-order valence-corrected chi connectivity index (χ1v) is 16.6. The molecule has 1 saturated carbocycles. The second-order valence-electron chi connectivity index (χ2n) is 12.9. The largest absolute Gasteiger partial charge is 0.474 e. The molecule has 5 rings (SSSR count). The molecule has 0 saturated heterocycles.